The Hall–Kier alpha value is -4.90. The third-order valence-electron chi connectivity index (χ3n) is 6.01. The number of rotatable bonds is 7. The Morgan fingerprint density at radius 1 is 1.03 bits per heavy atom. The van der Waals surface area contributed by atoms with Gasteiger partial charge in [-0.3, -0.25) is 4.79 Å². The van der Waals surface area contributed by atoms with Crippen molar-refractivity contribution in [3.05, 3.63) is 88.8 Å². The minimum Gasteiger partial charge on any atom is -0.465 e. The molecule has 0 atom stereocenters. The quantitative estimate of drug-likeness (QED) is 0.246. The SMILES string of the molecule is CNC(=O)c1cccnc1Nc1ccc(Oc2ccnc(Nc3ccc4c(n3)CCN(C(=O)O)C4)c2)c(Cl)c1. The highest BCUT2D eigenvalue weighted by Gasteiger charge is 2.21. The van der Waals surface area contributed by atoms with Crippen molar-refractivity contribution in [2.24, 2.45) is 0 Å². The fourth-order valence-corrected chi connectivity index (χ4v) is 4.29. The second-order valence-corrected chi connectivity index (χ2v) is 9.02. The van der Waals surface area contributed by atoms with Crippen LogP contribution in [-0.2, 0) is 13.0 Å². The molecule has 1 aliphatic heterocycles. The molecule has 2 amide bonds. The van der Waals surface area contributed by atoms with Gasteiger partial charge in [-0.05, 0) is 48.0 Å². The lowest BCUT2D eigenvalue weighted by Crippen LogP contribution is -2.35. The van der Waals surface area contributed by atoms with Gasteiger partial charge >= 0.3 is 6.09 Å². The van der Waals surface area contributed by atoms with E-state index in [2.05, 4.69) is 30.9 Å². The molecule has 0 fully saturated rings. The molecule has 1 aliphatic rings. The summed E-state index contributed by atoms with van der Waals surface area (Å²) in [6, 6.07) is 15.6. The minimum absolute atomic E-state index is 0.255. The Bertz CT molecular complexity index is 1550. The number of nitrogens with zero attached hydrogens (tertiary/aromatic N) is 4. The molecule has 0 spiro atoms. The molecule has 0 saturated carbocycles. The highest BCUT2D eigenvalue weighted by Crippen LogP contribution is 2.33. The fourth-order valence-electron chi connectivity index (χ4n) is 4.07. The lowest BCUT2D eigenvalue weighted by atomic mass is 10.1. The molecule has 3 aromatic heterocycles. The van der Waals surface area contributed by atoms with Crippen LogP contribution in [0, 0.1) is 0 Å². The zero-order valence-electron chi connectivity index (χ0n) is 20.8. The van der Waals surface area contributed by atoms with Gasteiger partial charge in [0.25, 0.3) is 5.91 Å². The Morgan fingerprint density at radius 3 is 2.69 bits per heavy atom. The molecule has 198 valence electrons. The van der Waals surface area contributed by atoms with Gasteiger partial charge in [-0.15, -0.1) is 0 Å². The predicted octanol–water partition coefficient (Wildman–Crippen LogP) is 5.20. The molecule has 0 aliphatic carbocycles. The molecule has 0 unspecified atom stereocenters. The largest absolute Gasteiger partial charge is 0.465 e. The van der Waals surface area contributed by atoms with Gasteiger partial charge in [-0.25, -0.2) is 19.7 Å². The number of hydrogen-bond acceptors (Lipinski definition) is 8. The van der Waals surface area contributed by atoms with Crippen molar-refractivity contribution in [1.82, 2.24) is 25.2 Å². The normalized spacial score (nSPS) is 12.3. The number of carbonyl (C=O) groups is 2. The van der Waals surface area contributed by atoms with Crippen LogP contribution in [0.3, 0.4) is 0 Å². The first-order valence-electron chi connectivity index (χ1n) is 12.0. The zero-order chi connectivity index (χ0) is 27.4. The molecule has 11 nitrogen and oxygen atoms in total. The van der Waals surface area contributed by atoms with E-state index < -0.39 is 6.09 Å². The van der Waals surface area contributed by atoms with Crippen molar-refractivity contribution in [3.8, 4) is 11.5 Å². The number of carboxylic acid groups (broad SMARTS) is 1. The standard InChI is InChI=1S/C27H24ClN7O4/c1-29-26(36)19-3-2-10-31-25(19)32-17-5-6-22(20(28)13-17)39-18-8-11-30-24(14-18)34-23-7-4-16-15-35(27(37)38)12-9-21(16)33-23/h2-8,10-11,13-14H,9,12,15H2,1H3,(H,29,36)(H,31,32)(H,37,38)(H,30,33,34). The van der Waals surface area contributed by atoms with Crippen molar-refractivity contribution in [2.75, 3.05) is 24.2 Å². The van der Waals surface area contributed by atoms with Crippen LogP contribution in [0.5, 0.6) is 11.5 Å². The van der Waals surface area contributed by atoms with E-state index in [0.29, 0.717) is 64.7 Å². The van der Waals surface area contributed by atoms with Crippen LogP contribution < -0.4 is 20.7 Å². The highest BCUT2D eigenvalue weighted by molar-refractivity contribution is 6.32. The average Bonchev–Trinajstić information content (AvgIpc) is 2.94. The summed E-state index contributed by atoms with van der Waals surface area (Å²) in [6.45, 7) is 0.734. The number of benzene rings is 1. The first-order chi connectivity index (χ1) is 18.9. The lowest BCUT2D eigenvalue weighted by Gasteiger charge is -2.25. The Labute approximate surface area is 228 Å². The van der Waals surface area contributed by atoms with Crippen LogP contribution in [0.25, 0.3) is 0 Å². The van der Waals surface area contributed by atoms with Gasteiger partial charge in [0.15, 0.2) is 0 Å². The summed E-state index contributed by atoms with van der Waals surface area (Å²) in [4.78, 5) is 37.9. The van der Waals surface area contributed by atoms with E-state index in [4.69, 9.17) is 16.3 Å². The Balaban J connectivity index is 1.27. The number of anilines is 4. The molecule has 4 heterocycles. The van der Waals surface area contributed by atoms with Crippen molar-refractivity contribution >= 4 is 46.7 Å². The van der Waals surface area contributed by atoms with Gasteiger partial charge in [-0.1, -0.05) is 17.7 Å². The minimum atomic E-state index is -0.932. The van der Waals surface area contributed by atoms with Gasteiger partial charge in [0.1, 0.15) is 29.0 Å². The van der Waals surface area contributed by atoms with E-state index in [1.807, 2.05) is 6.07 Å². The smallest absolute Gasteiger partial charge is 0.407 e. The summed E-state index contributed by atoms with van der Waals surface area (Å²) in [7, 11) is 1.56. The number of nitrogens with one attached hydrogen (secondary N) is 3. The van der Waals surface area contributed by atoms with Crippen molar-refractivity contribution in [3.63, 3.8) is 0 Å². The van der Waals surface area contributed by atoms with Gasteiger partial charge in [0.2, 0.25) is 0 Å². The molecule has 39 heavy (non-hydrogen) atoms. The zero-order valence-corrected chi connectivity index (χ0v) is 21.6. The topological polar surface area (TPSA) is 142 Å². The van der Waals surface area contributed by atoms with E-state index >= 15 is 0 Å². The van der Waals surface area contributed by atoms with Crippen molar-refractivity contribution < 1.29 is 19.4 Å². The molecule has 0 bridgehead atoms. The predicted molar refractivity (Wildman–Crippen MR) is 146 cm³/mol. The summed E-state index contributed by atoms with van der Waals surface area (Å²) < 4.78 is 6.00. The molecule has 1 aromatic carbocycles. The molecular weight excluding hydrogens is 522 g/mol. The molecule has 0 saturated heterocycles. The number of amides is 2. The number of aromatic nitrogens is 3. The molecule has 4 aromatic rings. The molecule has 4 N–H and O–H groups in total. The van der Waals surface area contributed by atoms with Crippen molar-refractivity contribution in [2.45, 2.75) is 13.0 Å². The first-order valence-corrected chi connectivity index (χ1v) is 12.4. The molecule has 12 heteroatoms. The number of hydrogen-bond donors (Lipinski definition) is 4. The monoisotopic (exact) mass is 545 g/mol. The fraction of sp³-hybridized carbons (Fsp3) is 0.148. The maximum Gasteiger partial charge on any atom is 0.407 e. The summed E-state index contributed by atoms with van der Waals surface area (Å²) in [5, 5.41) is 18.5. The number of fused-ring (bicyclic) bond motifs is 1. The van der Waals surface area contributed by atoms with Crippen LogP contribution in [0.4, 0.5) is 27.9 Å². The van der Waals surface area contributed by atoms with Crippen LogP contribution in [0.15, 0.2) is 67.0 Å². The van der Waals surface area contributed by atoms with Crippen molar-refractivity contribution in [1.29, 1.82) is 0 Å². The van der Waals surface area contributed by atoms with Gasteiger partial charge in [0.05, 0.1) is 17.1 Å². The van der Waals surface area contributed by atoms with Crippen LogP contribution >= 0.6 is 11.6 Å². The maximum atomic E-state index is 12.1. The van der Waals surface area contributed by atoms with Crippen LogP contribution in [-0.4, -0.2) is 50.6 Å². The second-order valence-electron chi connectivity index (χ2n) is 8.61. The first kappa shape index (κ1) is 25.7. The maximum absolute atomic E-state index is 12.1. The summed E-state index contributed by atoms with van der Waals surface area (Å²) in [6.07, 6.45) is 2.81. The second kappa shape index (κ2) is 11.2. The lowest BCUT2D eigenvalue weighted by molar-refractivity contribution is 0.0963. The summed E-state index contributed by atoms with van der Waals surface area (Å²) in [5.41, 5.74) is 2.79. The summed E-state index contributed by atoms with van der Waals surface area (Å²) in [5.74, 6) is 2.21. The Morgan fingerprint density at radius 2 is 1.90 bits per heavy atom. The Kier molecular flexibility index (Phi) is 7.41. The van der Waals surface area contributed by atoms with Crippen LogP contribution in [0.1, 0.15) is 21.6 Å². The highest BCUT2D eigenvalue weighted by atomic mass is 35.5. The molecular formula is C27H24ClN7O4. The van der Waals surface area contributed by atoms with E-state index in [1.165, 1.54) is 4.90 Å². The number of pyridine rings is 3. The number of carbonyl (C=O) groups excluding carboxylic acids is 1. The van der Waals surface area contributed by atoms with Gasteiger partial charge in [-0.2, -0.15) is 0 Å². The van der Waals surface area contributed by atoms with E-state index in [-0.39, 0.29) is 5.91 Å². The van der Waals surface area contributed by atoms with E-state index in [9.17, 15) is 14.7 Å². The van der Waals surface area contributed by atoms with E-state index in [1.54, 1.807) is 68.0 Å². The van der Waals surface area contributed by atoms with Gasteiger partial charge in [0, 0.05) is 49.9 Å². The average molecular weight is 546 g/mol. The van der Waals surface area contributed by atoms with E-state index in [0.717, 1.165) is 11.3 Å². The third-order valence-corrected chi connectivity index (χ3v) is 6.30. The number of halogens is 1. The third kappa shape index (κ3) is 5.99. The molecule has 5 rings (SSSR count). The molecule has 0 radical (unpaired) electrons. The number of ether oxygens (including phenoxy) is 1. The van der Waals surface area contributed by atoms with Crippen LogP contribution in [0.2, 0.25) is 5.02 Å². The summed E-state index contributed by atoms with van der Waals surface area (Å²) >= 11 is 6.50. The van der Waals surface area contributed by atoms with Gasteiger partial charge < -0.3 is 30.7 Å².